The maximum Gasteiger partial charge on any atom is 0.251 e. The van der Waals surface area contributed by atoms with Gasteiger partial charge in [0.1, 0.15) is 0 Å². The molecule has 0 saturated carbocycles. The Labute approximate surface area is 114 Å². The van der Waals surface area contributed by atoms with Crippen LogP contribution in [0, 0.1) is 0 Å². The van der Waals surface area contributed by atoms with Gasteiger partial charge in [0.25, 0.3) is 5.91 Å². The van der Waals surface area contributed by atoms with Crippen molar-refractivity contribution in [3.05, 3.63) is 35.4 Å². The van der Waals surface area contributed by atoms with Gasteiger partial charge in [-0.25, -0.2) is 0 Å². The summed E-state index contributed by atoms with van der Waals surface area (Å²) in [6.07, 6.45) is 5.02. The molecule has 0 saturated heterocycles. The lowest BCUT2D eigenvalue weighted by atomic mass is 10.0. The molecule has 0 heterocycles. The van der Waals surface area contributed by atoms with Crippen molar-refractivity contribution in [2.45, 2.75) is 19.3 Å². The largest absolute Gasteiger partial charge is 0.352 e. The van der Waals surface area contributed by atoms with Crippen LogP contribution in [0.25, 0.3) is 0 Å². The van der Waals surface area contributed by atoms with E-state index in [0.29, 0.717) is 6.54 Å². The van der Waals surface area contributed by atoms with Gasteiger partial charge < -0.3 is 11.1 Å². The summed E-state index contributed by atoms with van der Waals surface area (Å²) < 4.78 is 0. The van der Waals surface area contributed by atoms with E-state index < -0.39 is 0 Å². The van der Waals surface area contributed by atoms with Crippen LogP contribution in [0.4, 0.5) is 0 Å². The number of amides is 1. The molecule has 1 rings (SSSR count). The smallest absolute Gasteiger partial charge is 0.251 e. The lowest BCUT2D eigenvalue weighted by Gasteiger charge is -2.09. The van der Waals surface area contributed by atoms with E-state index in [9.17, 15) is 4.79 Å². The van der Waals surface area contributed by atoms with E-state index in [1.165, 1.54) is 0 Å². The zero-order valence-corrected chi connectivity index (χ0v) is 11.8. The summed E-state index contributed by atoms with van der Waals surface area (Å²) in [4.78, 5) is 12.0. The second kappa shape index (κ2) is 9.00. The van der Waals surface area contributed by atoms with E-state index in [0.717, 1.165) is 42.7 Å². The Bertz CT molecular complexity index is 369. The fourth-order valence-electron chi connectivity index (χ4n) is 1.78. The Kier molecular flexibility index (Phi) is 7.53. The highest BCUT2D eigenvalue weighted by Gasteiger charge is 2.09. The van der Waals surface area contributed by atoms with Crippen molar-refractivity contribution in [3.63, 3.8) is 0 Å². The molecule has 1 amide bonds. The Hall–Kier alpha value is -1.00. The van der Waals surface area contributed by atoms with Gasteiger partial charge in [-0.3, -0.25) is 4.79 Å². The van der Waals surface area contributed by atoms with Crippen molar-refractivity contribution in [1.29, 1.82) is 0 Å². The number of carbonyl (C=O) groups excluding carboxylic acids is 1. The van der Waals surface area contributed by atoms with Gasteiger partial charge in [0, 0.05) is 12.1 Å². The highest BCUT2D eigenvalue weighted by atomic mass is 32.2. The Balaban J connectivity index is 2.45. The first kappa shape index (κ1) is 15.1. The minimum atomic E-state index is 0.0169. The Morgan fingerprint density at radius 2 is 2.11 bits per heavy atom. The third-order valence-electron chi connectivity index (χ3n) is 2.74. The van der Waals surface area contributed by atoms with Gasteiger partial charge in [-0.1, -0.05) is 18.2 Å². The lowest BCUT2D eigenvalue weighted by Crippen LogP contribution is -2.26. The first-order chi connectivity index (χ1) is 8.79. The van der Waals surface area contributed by atoms with Gasteiger partial charge in [-0.15, -0.1) is 0 Å². The number of nitrogens with two attached hydrogens (primary N) is 1. The van der Waals surface area contributed by atoms with Crippen LogP contribution >= 0.6 is 11.8 Å². The van der Waals surface area contributed by atoms with E-state index in [1.807, 2.05) is 36.0 Å². The molecule has 4 heteroatoms. The molecular weight excluding hydrogens is 244 g/mol. The van der Waals surface area contributed by atoms with Crippen molar-refractivity contribution < 1.29 is 4.79 Å². The highest BCUT2D eigenvalue weighted by molar-refractivity contribution is 7.98. The number of carbonyl (C=O) groups is 1. The predicted molar refractivity (Wildman–Crippen MR) is 79.1 cm³/mol. The topological polar surface area (TPSA) is 55.1 Å². The van der Waals surface area contributed by atoms with E-state index in [2.05, 4.69) is 11.6 Å². The standard InChI is InChI=1S/C14H22N2OS/c1-18-11-5-4-10-16-14(17)13-7-3-2-6-12(13)8-9-15/h2-3,6-7H,4-5,8-11,15H2,1H3,(H,16,17). The van der Waals surface area contributed by atoms with Gasteiger partial charge >= 0.3 is 0 Å². The molecule has 0 aliphatic rings. The maximum absolute atomic E-state index is 12.0. The van der Waals surface area contributed by atoms with Crippen LogP contribution in [0.5, 0.6) is 0 Å². The third-order valence-corrected chi connectivity index (χ3v) is 3.43. The fourth-order valence-corrected chi connectivity index (χ4v) is 2.28. The number of unbranched alkanes of at least 4 members (excludes halogenated alkanes) is 1. The van der Waals surface area contributed by atoms with Crippen LogP contribution in [0.3, 0.4) is 0 Å². The molecule has 0 bridgehead atoms. The molecule has 3 nitrogen and oxygen atoms in total. The summed E-state index contributed by atoms with van der Waals surface area (Å²) in [7, 11) is 0. The normalized spacial score (nSPS) is 10.3. The zero-order valence-electron chi connectivity index (χ0n) is 10.9. The van der Waals surface area contributed by atoms with E-state index in [-0.39, 0.29) is 5.91 Å². The molecule has 18 heavy (non-hydrogen) atoms. The second-order valence-corrected chi connectivity index (χ2v) is 5.14. The summed E-state index contributed by atoms with van der Waals surface area (Å²) in [5.41, 5.74) is 7.34. The number of thioether (sulfide) groups is 1. The first-order valence-electron chi connectivity index (χ1n) is 6.34. The van der Waals surface area contributed by atoms with Crippen LogP contribution in [-0.2, 0) is 6.42 Å². The van der Waals surface area contributed by atoms with E-state index in [1.54, 1.807) is 0 Å². The molecule has 1 aromatic rings. The van der Waals surface area contributed by atoms with Crippen molar-refractivity contribution in [2.75, 3.05) is 25.1 Å². The first-order valence-corrected chi connectivity index (χ1v) is 7.74. The van der Waals surface area contributed by atoms with Crippen LogP contribution in [0.2, 0.25) is 0 Å². The lowest BCUT2D eigenvalue weighted by molar-refractivity contribution is 0.0952. The second-order valence-electron chi connectivity index (χ2n) is 4.15. The van der Waals surface area contributed by atoms with Crippen molar-refractivity contribution in [1.82, 2.24) is 5.32 Å². The average molecular weight is 266 g/mol. The van der Waals surface area contributed by atoms with Crippen LogP contribution < -0.4 is 11.1 Å². The zero-order chi connectivity index (χ0) is 13.2. The quantitative estimate of drug-likeness (QED) is 0.708. The monoisotopic (exact) mass is 266 g/mol. The van der Waals surface area contributed by atoms with Crippen LogP contribution in [-0.4, -0.2) is 31.0 Å². The SMILES string of the molecule is CSCCCCNC(=O)c1ccccc1CCN. The van der Waals surface area contributed by atoms with Gasteiger partial charge in [-0.05, 0) is 49.4 Å². The van der Waals surface area contributed by atoms with Crippen molar-refractivity contribution in [2.24, 2.45) is 5.73 Å². The minimum absolute atomic E-state index is 0.0169. The number of benzene rings is 1. The predicted octanol–water partition coefficient (Wildman–Crippen LogP) is 2.06. The molecule has 0 fully saturated rings. The molecule has 0 unspecified atom stereocenters. The molecule has 0 aliphatic carbocycles. The van der Waals surface area contributed by atoms with Crippen LogP contribution in [0.1, 0.15) is 28.8 Å². The van der Waals surface area contributed by atoms with Gasteiger partial charge in [0.15, 0.2) is 0 Å². The molecule has 0 spiro atoms. The Morgan fingerprint density at radius 1 is 1.33 bits per heavy atom. The molecule has 1 aromatic carbocycles. The van der Waals surface area contributed by atoms with Crippen molar-refractivity contribution in [3.8, 4) is 0 Å². The van der Waals surface area contributed by atoms with Gasteiger partial charge in [0.05, 0.1) is 0 Å². The van der Waals surface area contributed by atoms with E-state index >= 15 is 0 Å². The van der Waals surface area contributed by atoms with Crippen molar-refractivity contribution >= 4 is 17.7 Å². The summed E-state index contributed by atoms with van der Waals surface area (Å²) in [5, 5.41) is 2.97. The number of hydrogen-bond acceptors (Lipinski definition) is 3. The number of nitrogens with one attached hydrogen (secondary N) is 1. The highest BCUT2D eigenvalue weighted by Crippen LogP contribution is 2.09. The molecule has 0 aromatic heterocycles. The number of rotatable bonds is 8. The fraction of sp³-hybridized carbons (Fsp3) is 0.500. The summed E-state index contributed by atoms with van der Waals surface area (Å²) in [6.45, 7) is 1.31. The van der Waals surface area contributed by atoms with Gasteiger partial charge in [0.2, 0.25) is 0 Å². The minimum Gasteiger partial charge on any atom is -0.352 e. The Morgan fingerprint density at radius 3 is 2.83 bits per heavy atom. The van der Waals surface area contributed by atoms with E-state index in [4.69, 9.17) is 5.73 Å². The molecule has 0 atom stereocenters. The van der Waals surface area contributed by atoms with Gasteiger partial charge in [-0.2, -0.15) is 11.8 Å². The third kappa shape index (κ3) is 5.10. The number of hydrogen-bond donors (Lipinski definition) is 2. The summed E-state index contributed by atoms with van der Waals surface area (Å²) in [5.74, 6) is 1.17. The molecule has 100 valence electrons. The molecular formula is C14H22N2OS. The molecule has 3 N–H and O–H groups in total. The summed E-state index contributed by atoms with van der Waals surface area (Å²) in [6, 6.07) is 7.67. The molecule has 0 radical (unpaired) electrons. The maximum atomic E-state index is 12.0. The average Bonchev–Trinajstić information content (AvgIpc) is 2.39. The molecule has 0 aliphatic heterocycles. The summed E-state index contributed by atoms with van der Waals surface area (Å²) >= 11 is 1.84. The van der Waals surface area contributed by atoms with Crippen LogP contribution in [0.15, 0.2) is 24.3 Å².